The first kappa shape index (κ1) is 28.9. The molecule has 3 unspecified atom stereocenters. The van der Waals surface area contributed by atoms with Crippen molar-refractivity contribution in [2.45, 2.75) is 122 Å². The summed E-state index contributed by atoms with van der Waals surface area (Å²) in [6.45, 7) is 3.63. The molecule has 0 saturated heterocycles. The predicted molar refractivity (Wildman–Crippen MR) is 147 cm³/mol. The van der Waals surface area contributed by atoms with Crippen LogP contribution in [0, 0.1) is 28.6 Å². The van der Waals surface area contributed by atoms with Gasteiger partial charge >= 0.3 is 11.9 Å². The molecule has 6 atom stereocenters. The van der Waals surface area contributed by atoms with Crippen molar-refractivity contribution in [1.82, 2.24) is 0 Å². The molecule has 6 nitrogen and oxygen atoms in total. The van der Waals surface area contributed by atoms with Crippen LogP contribution in [-0.2, 0) is 16.0 Å². The highest BCUT2D eigenvalue weighted by Crippen LogP contribution is 2.62. The smallest absolute Gasteiger partial charge is 0.320 e. The van der Waals surface area contributed by atoms with Gasteiger partial charge in [0, 0.05) is 0 Å². The van der Waals surface area contributed by atoms with Crippen LogP contribution < -0.4 is 0 Å². The molecule has 2 saturated carbocycles. The van der Waals surface area contributed by atoms with E-state index >= 15 is 0 Å². The largest absolute Gasteiger partial charge is 0.508 e. The number of carboxylic acid groups (broad SMARTS) is 2. The maximum absolute atomic E-state index is 11.3. The third-order valence-electron chi connectivity index (χ3n) is 10.8. The Balaban J connectivity index is 1.23. The molecule has 1 aromatic rings. The van der Waals surface area contributed by atoms with Crippen molar-refractivity contribution in [1.29, 1.82) is 0 Å². The molecular formula is C32H48O6. The summed E-state index contributed by atoms with van der Waals surface area (Å²) in [6.07, 6.45) is 15.0. The summed E-state index contributed by atoms with van der Waals surface area (Å²) in [5, 5.41) is 39.4. The maximum atomic E-state index is 11.3. The predicted octanol–water partition coefficient (Wildman–Crippen LogP) is 6.91. The Morgan fingerprint density at radius 1 is 0.947 bits per heavy atom. The van der Waals surface area contributed by atoms with Crippen LogP contribution in [0.2, 0.25) is 0 Å². The van der Waals surface area contributed by atoms with E-state index in [0.717, 1.165) is 57.8 Å². The van der Waals surface area contributed by atoms with Gasteiger partial charge in [-0.15, -0.1) is 0 Å². The molecular weight excluding hydrogens is 480 g/mol. The van der Waals surface area contributed by atoms with Gasteiger partial charge in [0.1, 0.15) is 5.75 Å². The highest BCUT2D eigenvalue weighted by Gasteiger charge is 2.56. The Bertz CT molecular complexity index is 974. The van der Waals surface area contributed by atoms with Gasteiger partial charge in [0.25, 0.3) is 0 Å². The van der Waals surface area contributed by atoms with Gasteiger partial charge in [-0.2, -0.15) is 0 Å². The summed E-state index contributed by atoms with van der Waals surface area (Å²) in [5.74, 6) is 0.248. The Labute approximate surface area is 227 Å². The third kappa shape index (κ3) is 5.76. The highest BCUT2D eigenvalue weighted by molar-refractivity contribution is 5.97. The fourth-order valence-electron chi connectivity index (χ4n) is 8.28. The number of phenols is 1. The molecule has 3 aliphatic rings. The topological polar surface area (TPSA) is 115 Å². The molecule has 212 valence electrons. The Morgan fingerprint density at radius 2 is 1.58 bits per heavy atom. The number of aliphatic hydroxyl groups excluding tert-OH is 1. The van der Waals surface area contributed by atoms with Crippen LogP contribution in [0.25, 0.3) is 0 Å². The number of unbranched alkanes of at least 4 members (excludes halogenated alkanes) is 7. The van der Waals surface area contributed by atoms with E-state index in [4.69, 9.17) is 0 Å². The van der Waals surface area contributed by atoms with Crippen LogP contribution in [0.5, 0.6) is 5.75 Å². The van der Waals surface area contributed by atoms with Crippen molar-refractivity contribution in [3.8, 4) is 5.75 Å². The minimum Gasteiger partial charge on any atom is -0.508 e. The van der Waals surface area contributed by atoms with E-state index in [-0.39, 0.29) is 17.9 Å². The molecule has 0 heterocycles. The maximum Gasteiger partial charge on any atom is 0.320 e. The standard InChI is InChI=1S/C32H48O6/c1-31-18-16-25-24-13-12-23(33)20-22(24)19-21(28(25)26(31)14-15-27(31)34)11-9-7-5-3-4-6-8-10-17-32(2,29(35)36)30(37)38/h12-13,20-21,25-28,33-34H,3-11,14-19H2,1-2H3,(H,35,36)(H,37,38)/t21-,25?,26?,27+,28?,31+/m1/s1. The van der Waals surface area contributed by atoms with Gasteiger partial charge < -0.3 is 20.4 Å². The van der Waals surface area contributed by atoms with E-state index in [0.29, 0.717) is 35.8 Å². The fraction of sp³-hybridized carbons (Fsp3) is 0.750. The van der Waals surface area contributed by atoms with Gasteiger partial charge in [-0.1, -0.05) is 64.4 Å². The highest BCUT2D eigenvalue weighted by atomic mass is 16.4. The SMILES string of the molecule is CC(CCCCCCCCCC[C@@H]1Cc2cc(O)ccc2C2CC[C@@]3(C)C(CC[C@@H]3O)C21)(C(=O)O)C(=O)O. The number of carboxylic acids is 2. The summed E-state index contributed by atoms with van der Waals surface area (Å²) in [5.41, 5.74) is 1.16. The summed E-state index contributed by atoms with van der Waals surface area (Å²) in [7, 11) is 0. The zero-order chi connectivity index (χ0) is 27.5. The summed E-state index contributed by atoms with van der Waals surface area (Å²) < 4.78 is 0. The first-order valence-electron chi connectivity index (χ1n) is 15.0. The number of phenolic OH excluding ortho intramolecular Hbond substituents is 1. The molecule has 0 bridgehead atoms. The van der Waals surface area contributed by atoms with Crippen LogP contribution in [0.15, 0.2) is 18.2 Å². The van der Waals surface area contributed by atoms with E-state index in [1.165, 1.54) is 43.7 Å². The molecule has 0 spiro atoms. The molecule has 2 fully saturated rings. The third-order valence-corrected chi connectivity index (χ3v) is 10.8. The quantitative estimate of drug-likeness (QED) is 0.163. The molecule has 0 amide bonds. The first-order valence-corrected chi connectivity index (χ1v) is 15.0. The normalized spacial score (nSPS) is 30.3. The van der Waals surface area contributed by atoms with Gasteiger partial charge in [0.15, 0.2) is 5.41 Å². The van der Waals surface area contributed by atoms with Gasteiger partial charge in [-0.25, -0.2) is 0 Å². The number of benzene rings is 1. The number of carbonyl (C=O) groups is 2. The van der Waals surface area contributed by atoms with Crippen molar-refractivity contribution in [3.05, 3.63) is 29.3 Å². The lowest BCUT2D eigenvalue weighted by atomic mass is 9.52. The molecule has 6 heteroatoms. The van der Waals surface area contributed by atoms with Crippen LogP contribution in [0.3, 0.4) is 0 Å². The molecule has 0 aliphatic heterocycles. The minimum absolute atomic E-state index is 0.0558. The fourth-order valence-corrected chi connectivity index (χ4v) is 8.28. The molecule has 0 radical (unpaired) electrons. The zero-order valence-electron chi connectivity index (χ0n) is 23.3. The van der Waals surface area contributed by atoms with Crippen molar-refractivity contribution in [2.75, 3.05) is 0 Å². The molecule has 4 N–H and O–H groups in total. The van der Waals surface area contributed by atoms with Crippen molar-refractivity contribution in [3.63, 3.8) is 0 Å². The van der Waals surface area contributed by atoms with Crippen LogP contribution in [-0.4, -0.2) is 38.5 Å². The number of aliphatic carboxylic acids is 2. The van der Waals surface area contributed by atoms with Crippen molar-refractivity contribution in [2.24, 2.45) is 28.6 Å². The number of hydrogen-bond donors (Lipinski definition) is 4. The van der Waals surface area contributed by atoms with E-state index in [1.54, 1.807) is 0 Å². The van der Waals surface area contributed by atoms with E-state index < -0.39 is 17.4 Å². The Hall–Kier alpha value is -2.08. The van der Waals surface area contributed by atoms with Gasteiger partial charge in [-0.05, 0) is 104 Å². The second-order valence-corrected chi connectivity index (χ2v) is 13.1. The van der Waals surface area contributed by atoms with Crippen LogP contribution in [0.4, 0.5) is 0 Å². The second-order valence-electron chi connectivity index (χ2n) is 13.1. The Kier molecular flexibility index (Phi) is 9.11. The van der Waals surface area contributed by atoms with Crippen LogP contribution in [0.1, 0.15) is 121 Å². The summed E-state index contributed by atoms with van der Waals surface area (Å²) in [6, 6.07) is 6.01. The first-order chi connectivity index (χ1) is 18.1. The molecule has 4 rings (SSSR count). The van der Waals surface area contributed by atoms with Crippen LogP contribution >= 0.6 is 0 Å². The summed E-state index contributed by atoms with van der Waals surface area (Å²) >= 11 is 0. The second kappa shape index (κ2) is 12.0. The van der Waals surface area contributed by atoms with E-state index in [2.05, 4.69) is 13.0 Å². The molecule has 1 aromatic carbocycles. The monoisotopic (exact) mass is 528 g/mol. The lowest BCUT2D eigenvalue weighted by Crippen LogP contribution is -2.47. The van der Waals surface area contributed by atoms with Gasteiger partial charge in [0.05, 0.1) is 6.10 Å². The molecule has 38 heavy (non-hydrogen) atoms. The van der Waals surface area contributed by atoms with Crippen molar-refractivity contribution >= 4 is 11.9 Å². The van der Waals surface area contributed by atoms with Gasteiger partial charge in [0.2, 0.25) is 0 Å². The lowest BCUT2D eigenvalue weighted by Gasteiger charge is -2.53. The molecule has 3 aliphatic carbocycles. The van der Waals surface area contributed by atoms with Crippen molar-refractivity contribution < 1.29 is 30.0 Å². The van der Waals surface area contributed by atoms with E-state index in [1.807, 2.05) is 12.1 Å². The number of aliphatic hydroxyl groups is 1. The number of hydrogen-bond acceptors (Lipinski definition) is 4. The Morgan fingerprint density at radius 3 is 2.24 bits per heavy atom. The molecule has 0 aromatic heterocycles. The summed E-state index contributed by atoms with van der Waals surface area (Å²) in [4.78, 5) is 22.6. The minimum atomic E-state index is -1.68. The van der Waals surface area contributed by atoms with E-state index in [9.17, 15) is 30.0 Å². The zero-order valence-corrected chi connectivity index (χ0v) is 23.3. The average Bonchev–Trinajstić information content (AvgIpc) is 3.18. The van der Waals surface area contributed by atoms with Gasteiger partial charge in [-0.3, -0.25) is 9.59 Å². The number of fused-ring (bicyclic) bond motifs is 5. The average molecular weight is 529 g/mol. The lowest BCUT2D eigenvalue weighted by molar-refractivity contribution is -0.163. The number of rotatable bonds is 13. The number of aromatic hydroxyl groups is 1.